The van der Waals surface area contributed by atoms with Crippen LogP contribution in [0.15, 0.2) is 18.2 Å². The van der Waals surface area contributed by atoms with Crippen molar-refractivity contribution >= 4 is 17.3 Å². The first-order valence-electron chi connectivity index (χ1n) is 6.86. The summed E-state index contributed by atoms with van der Waals surface area (Å²) in [5.74, 6) is 2.33. The number of hydrogen-bond acceptors (Lipinski definition) is 4. The topological polar surface area (TPSA) is 63.8 Å². The number of nitrogens with one attached hydrogen (secondary N) is 1. The molecule has 1 heterocycles. The molecule has 4 heteroatoms. The fourth-order valence-corrected chi connectivity index (χ4v) is 1.89. The molecule has 0 saturated heterocycles. The minimum absolute atomic E-state index is 0.248. The molecule has 2 aromatic rings. The van der Waals surface area contributed by atoms with Crippen LogP contribution in [-0.4, -0.2) is 9.97 Å². The van der Waals surface area contributed by atoms with Gasteiger partial charge in [0.05, 0.1) is 0 Å². The van der Waals surface area contributed by atoms with Gasteiger partial charge in [0.15, 0.2) is 0 Å². The van der Waals surface area contributed by atoms with Gasteiger partial charge >= 0.3 is 0 Å². The van der Waals surface area contributed by atoms with Crippen LogP contribution in [0.4, 0.5) is 17.3 Å². The molecule has 0 aliphatic rings. The normalized spacial score (nSPS) is 10.9. The van der Waals surface area contributed by atoms with Gasteiger partial charge in [-0.3, -0.25) is 0 Å². The van der Waals surface area contributed by atoms with Crippen LogP contribution in [0.3, 0.4) is 0 Å². The lowest BCUT2D eigenvalue weighted by molar-refractivity contribution is 0.776. The molecule has 0 atom stereocenters. The van der Waals surface area contributed by atoms with E-state index in [9.17, 15) is 0 Å². The Morgan fingerprint density at radius 3 is 2.35 bits per heavy atom. The van der Waals surface area contributed by atoms with E-state index in [-0.39, 0.29) is 5.92 Å². The zero-order valence-electron chi connectivity index (χ0n) is 12.8. The van der Waals surface area contributed by atoms with Crippen LogP contribution in [0.1, 0.15) is 42.3 Å². The summed E-state index contributed by atoms with van der Waals surface area (Å²) in [5.41, 5.74) is 10.4. The predicted octanol–water partition coefficient (Wildman–Crippen LogP) is 3.85. The maximum absolute atomic E-state index is 5.98. The van der Waals surface area contributed by atoms with Crippen molar-refractivity contribution < 1.29 is 0 Å². The summed E-state index contributed by atoms with van der Waals surface area (Å²) in [7, 11) is 0. The van der Waals surface area contributed by atoms with E-state index in [0.29, 0.717) is 5.82 Å². The number of nitrogen functional groups attached to an aromatic ring is 1. The number of aryl methyl sites for hydroxylation is 2. The molecule has 1 aromatic heterocycles. The molecule has 0 radical (unpaired) electrons. The summed E-state index contributed by atoms with van der Waals surface area (Å²) in [4.78, 5) is 8.91. The second-order valence-corrected chi connectivity index (χ2v) is 5.52. The summed E-state index contributed by atoms with van der Waals surface area (Å²) in [6.07, 6.45) is 0. The number of nitrogens with zero attached hydrogens (tertiary/aromatic N) is 2. The van der Waals surface area contributed by atoms with Gasteiger partial charge in [-0.05, 0) is 44.0 Å². The molecule has 4 nitrogen and oxygen atoms in total. The van der Waals surface area contributed by atoms with Crippen molar-refractivity contribution in [3.8, 4) is 0 Å². The highest BCUT2D eigenvalue weighted by Crippen LogP contribution is 2.25. The van der Waals surface area contributed by atoms with Gasteiger partial charge in [-0.15, -0.1) is 0 Å². The lowest BCUT2D eigenvalue weighted by Crippen LogP contribution is -2.08. The summed E-state index contributed by atoms with van der Waals surface area (Å²) in [6.45, 7) is 10.3. The van der Waals surface area contributed by atoms with Crippen molar-refractivity contribution in [2.45, 2.75) is 40.5 Å². The average Bonchev–Trinajstić information content (AvgIpc) is 2.38. The number of aromatic nitrogens is 2. The van der Waals surface area contributed by atoms with Crippen molar-refractivity contribution in [3.05, 3.63) is 40.7 Å². The minimum atomic E-state index is 0.248. The van der Waals surface area contributed by atoms with E-state index in [4.69, 9.17) is 5.73 Å². The molecule has 0 unspecified atom stereocenters. The maximum Gasteiger partial charge on any atom is 0.139 e. The van der Waals surface area contributed by atoms with Crippen LogP contribution in [0, 0.1) is 20.8 Å². The van der Waals surface area contributed by atoms with Crippen molar-refractivity contribution in [2.75, 3.05) is 11.1 Å². The molecule has 0 aliphatic carbocycles. The number of nitrogens with two attached hydrogens (primary N) is 1. The molecule has 20 heavy (non-hydrogen) atoms. The van der Waals surface area contributed by atoms with Crippen LogP contribution < -0.4 is 11.1 Å². The number of hydrogen-bond donors (Lipinski definition) is 2. The molecule has 0 fully saturated rings. The molecule has 0 amide bonds. The fourth-order valence-electron chi connectivity index (χ4n) is 1.89. The van der Waals surface area contributed by atoms with Crippen LogP contribution in [0.2, 0.25) is 0 Å². The SMILES string of the molecule is Cc1ccc(Nc2nc(C(C)C)nc(N)c2C)cc1C. The smallest absolute Gasteiger partial charge is 0.139 e. The van der Waals surface area contributed by atoms with Gasteiger partial charge in [0.1, 0.15) is 17.5 Å². The van der Waals surface area contributed by atoms with E-state index in [1.807, 2.05) is 6.92 Å². The Morgan fingerprint density at radius 1 is 1.05 bits per heavy atom. The molecule has 0 spiro atoms. The Morgan fingerprint density at radius 2 is 1.75 bits per heavy atom. The van der Waals surface area contributed by atoms with Crippen molar-refractivity contribution in [3.63, 3.8) is 0 Å². The van der Waals surface area contributed by atoms with Crippen molar-refractivity contribution in [1.82, 2.24) is 9.97 Å². The maximum atomic E-state index is 5.98. The Kier molecular flexibility index (Phi) is 3.93. The minimum Gasteiger partial charge on any atom is -0.383 e. The van der Waals surface area contributed by atoms with Gasteiger partial charge in [-0.1, -0.05) is 19.9 Å². The van der Waals surface area contributed by atoms with E-state index in [2.05, 4.69) is 61.2 Å². The molecule has 1 aromatic carbocycles. The third kappa shape index (κ3) is 2.90. The molecule has 2 rings (SSSR count). The van der Waals surface area contributed by atoms with Crippen LogP contribution in [0.5, 0.6) is 0 Å². The Labute approximate surface area is 120 Å². The first-order valence-corrected chi connectivity index (χ1v) is 6.86. The summed E-state index contributed by atoms with van der Waals surface area (Å²) < 4.78 is 0. The summed E-state index contributed by atoms with van der Waals surface area (Å²) in [5, 5.41) is 3.35. The van der Waals surface area contributed by atoms with E-state index in [1.54, 1.807) is 0 Å². The first-order chi connectivity index (χ1) is 9.38. The third-order valence-electron chi connectivity index (χ3n) is 3.49. The lowest BCUT2D eigenvalue weighted by Gasteiger charge is -2.14. The second kappa shape index (κ2) is 5.49. The van der Waals surface area contributed by atoms with Gasteiger partial charge in [0.25, 0.3) is 0 Å². The van der Waals surface area contributed by atoms with Gasteiger partial charge in [0.2, 0.25) is 0 Å². The monoisotopic (exact) mass is 270 g/mol. The molecular weight excluding hydrogens is 248 g/mol. The zero-order valence-corrected chi connectivity index (χ0v) is 12.8. The average molecular weight is 270 g/mol. The van der Waals surface area contributed by atoms with Crippen LogP contribution >= 0.6 is 0 Å². The van der Waals surface area contributed by atoms with Crippen LogP contribution in [-0.2, 0) is 0 Å². The third-order valence-corrected chi connectivity index (χ3v) is 3.49. The van der Waals surface area contributed by atoms with E-state index < -0.39 is 0 Å². The number of benzene rings is 1. The zero-order chi connectivity index (χ0) is 14.9. The van der Waals surface area contributed by atoms with E-state index in [0.717, 1.165) is 22.9 Å². The highest BCUT2D eigenvalue weighted by atomic mass is 15.1. The molecule has 0 bridgehead atoms. The highest BCUT2D eigenvalue weighted by molar-refractivity contribution is 5.64. The van der Waals surface area contributed by atoms with Gasteiger partial charge in [0, 0.05) is 17.2 Å². The van der Waals surface area contributed by atoms with Gasteiger partial charge in [-0.2, -0.15) is 0 Å². The standard InChI is InChI=1S/C16H22N4/c1-9(2)15-19-14(17)12(5)16(20-15)18-13-7-6-10(3)11(4)8-13/h6-9H,1-5H3,(H3,17,18,19,20). The second-order valence-electron chi connectivity index (χ2n) is 5.52. The summed E-state index contributed by atoms with van der Waals surface area (Å²) >= 11 is 0. The Hall–Kier alpha value is -2.10. The first kappa shape index (κ1) is 14.3. The van der Waals surface area contributed by atoms with E-state index >= 15 is 0 Å². The molecule has 0 saturated carbocycles. The molecule has 0 aliphatic heterocycles. The Balaban J connectivity index is 2.39. The molecular formula is C16H22N4. The number of anilines is 3. The van der Waals surface area contributed by atoms with Gasteiger partial charge < -0.3 is 11.1 Å². The van der Waals surface area contributed by atoms with Crippen molar-refractivity contribution in [1.29, 1.82) is 0 Å². The molecule has 3 N–H and O–H groups in total. The predicted molar refractivity (Wildman–Crippen MR) is 84.5 cm³/mol. The quantitative estimate of drug-likeness (QED) is 0.889. The molecule has 106 valence electrons. The summed E-state index contributed by atoms with van der Waals surface area (Å²) in [6, 6.07) is 6.26. The number of rotatable bonds is 3. The Bertz CT molecular complexity index is 633. The largest absolute Gasteiger partial charge is 0.383 e. The van der Waals surface area contributed by atoms with Gasteiger partial charge in [-0.25, -0.2) is 9.97 Å². The highest BCUT2D eigenvalue weighted by Gasteiger charge is 2.11. The van der Waals surface area contributed by atoms with Crippen LogP contribution in [0.25, 0.3) is 0 Å². The lowest BCUT2D eigenvalue weighted by atomic mass is 10.1. The van der Waals surface area contributed by atoms with Crippen molar-refractivity contribution in [2.24, 2.45) is 0 Å². The van der Waals surface area contributed by atoms with E-state index in [1.165, 1.54) is 11.1 Å². The fraction of sp³-hybridized carbons (Fsp3) is 0.375.